The van der Waals surface area contributed by atoms with Gasteiger partial charge in [-0.15, -0.1) is 0 Å². The van der Waals surface area contributed by atoms with Gasteiger partial charge in [-0.25, -0.2) is 0 Å². The van der Waals surface area contributed by atoms with Crippen molar-refractivity contribution in [1.29, 1.82) is 0 Å². The standard InChI is InChI=1S/C24H29NO4/c1-28-20-12-5-3-9-17(20)22-19-11-7-8-14-24(19,27)15-16-25(22)23(26)18-10-4-6-13-21(18)29-2/h3-6,9-10,12-13,19,22,27H,7-8,11,14-16H2,1-2H3/t19-,22-,24+/m1/s1. The molecule has 5 heteroatoms. The summed E-state index contributed by atoms with van der Waals surface area (Å²) < 4.78 is 11.1. The summed E-state index contributed by atoms with van der Waals surface area (Å²) in [6.45, 7) is 0.507. The number of benzene rings is 2. The lowest BCUT2D eigenvalue weighted by atomic mass is 9.66. The molecule has 154 valence electrons. The molecule has 1 saturated carbocycles. The van der Waals surface area contributed by atoms with Crippen molar-refractivity contribution < 1.29 is 19.4 Å². The van der Waals surface area contributed by atoms with Crippen LogP contribution >= 0.6 is 0 Å². The summed E-state index contributed by atoms with van der Waals surface area (Å²) in [4.78, 5) is 15.6. The Bertz CT molecular complexity index is 883. The highest BCUT2D eigenvalue weighted by Gasteiger charge is 2.51. The molecule has 5 nitrogen and oxygen atoms in total. The van der Waals surface area contributed by atoms with Crippen LogP contribution in [0.15, 0.2) is 48.5 Å². The van der Waals surface area contributed by atoms with Crippen LogP contribution in [0.1, 0.15) is 54.1 Å². The fraction of sp³-hybridized carbons (Fsp3) is 0.458. The van der Waals surface area contributed by atoms with Crippen molar-refractivity contribution in [3.63, 3.8) is 0 Å². The Hall–Kier alpha value is -2.53. The van der Waals surface area contributed by atoms with Crippen molar-refractivity contribution in [3.05, 3.63) is 59.7 Å². The second kappa shape index (κ2) is 8.07. The number of likely N-dealkylation sites (tertiary alicyclic amines) is 1. The molecule has 0 unspecified atom stereocenters. The Morgan fingerprint density at radius 1 is 1.00 bits per heavy atom. The fourth-order valence-corrected chi connectivity index (χ4v) is 5.18. The van der Waals surface area contributed by atoms with Gasteiger partial charge < -0.3 is 19.5 Å². The number of hydrogen-bond donors (Lipinski definition) is 1. The van der Waals surface area contributed by atoms with Gasteiger partial charge in [0.1, 0.15) is 11.5 Å². The van der Waals surface area contributed by atoms with E-state index >= 15 is 0 Å². The van der Waals surface area contributed by atoms with Crippen molar-refractivity contribution >= 4 is 5.91 Å². The number of aliphatic hydroxyl groups is 1. The number of fused-ring (bicyclic) bond motifs is 1. The normalized spacial score (nSPS) is 26.5. The smallest absolute Gasteiger partial charge is 0.258 e. The van der Waals surface area contributed by atoms with Gasteiger partial charge in [0.15, 0.2) is 0 Å². The molecule has 0 spiro atoms. The summed E-state index contributed by atoms with van der Waals surface area (Å²) in [6, 6.07) is 15.0. The molecule has 1 saturated heterocycles. The zero-order valence-electron chi connectivity index (χ0n) is 17.1. The van der Waals surface area contributed by atoms with Gasteiger partial charge in [-0.2, -0.15) is 0 Å². The summed E-state index contributed by atoms with van der Waals surface area (Å²) in [5.41, 5.74) is 0.779. The lowest BCUT2D eigenvalue weighted by molar-refractivity contribution is -0.115. The molecule has 0 aromatic heterocycles. The van der Waals surface area contributed by atoms with E-state index in [0.29, 0.717) is 24.3 Å². The Kier molecular flexibility index (Phi) is 5.50. The topological polar surface area (TPSA) is 59.0 Å². The first-order chi connectivity index (χ1) is 14.1. The Balaban J connectivity index is 1.80. The molecule has 1 amide bonds. The van der Waals surface area contributed by atoms with Gasteiger partial charge in [-0.3, -0.25) is 4.79 Å². The molecule has 1 heterocycles. The molecular formula is C24H29NO4. The maximum atomic E-state index is 13.7. The Morgan fingerprint density at radius 3 is 2.45 bits per heavy atom. The predicted octanol–water partition coefficient (Wildman–Crippen LogP) is 4.21. The van der Waals surface area contributed by atoms with E-state index in [1.165, 1.54) is 0 Å². The molecule has 2 aromatic carbocycles. The minimum Gasteiger partial charge on any atom is -0.496 e. The average Bonchev–Trinajstić information content (AvgIpc) is 2.77. The molecule has 1 aliphatic carbocycles. The molecule has 1 N–H and O–H groups in total. The third-order valence-electron chi connectivity index (χ3n) is 6.62. The van der Waals surface area contributed by atoms with Crippen molar-refractivity contribution in [3.8, 4) is 11.5 Å². The van der Waals surface area contributed by atoms with Crippen LogP contribution < -0.4 is 9.47 Å². The quantitative estimate of drug-likeness (QED) is 0.842. The maximum absolute atomic E-state index is 13.7. The molecule has 2 aromatic rings. The molecule has 4 rings (SSSR count). The summed E-state index contributed by atoms with van der Waals surface area (Å²) >= 11 is 0. The van der Waals surface area contributed by atoms with Crippen LogP contribution in [0.2, 0.25) is 0 Å². The molecule has 29 heavy (non-hydrogen) atoms. The number of amides is 1. The number of piperidine rings is 1. The van der Waals surface area contributed by atoms with Gasteiger partial charge in [0.05, 0.1) is 31.4 Å². The Morgan fingerprint density at radius 2 is 1.69 bits per heavy atom. The predicted molar refractivity (Wildman–Crippen MR) is 111 cm³/mol. The zero-order valence-corrected chi connectivity index (χ0v) is 17.1. The highest BCUT2D eigenvalue weighted by atomic mass is 16.5. The van der Waals surface area contributed by atoms with Crippen LogP contribution in [-0.4, -0.2) is 42.3 Å². The largest absolute Gasteiger partial charge is 0.496 e. The number of nitrogens with zero attached hydrogens (tertiary/aromatic N) is 1. The van der Waals surface area contributed by atoms with E-state index in [1.54, 1.807) is 14.2 Å². The zero-order chi connectivity index (χ0) is 20.4. The van der Waals surface area contributed by atoms with Gasteiger partial charge in [0.25, 0.3) is 5.91 Å². The second-order valence-electron chi connectivity index (χ2n) is 8.09. The van der Waals surface area contributed by atoms with E-state index in [1.807, 2.05) is 53.4 Å². The van der Waals surface area contributed by atoms with E-state index in [-0.39, 0.29) is 17.9 Å². The number of hydrogen-bond acceptors (Lipinski definition) is 4. The van der Waals surface area contributed by atoms with Gasteiger partial charge in [0.2, 0.25) is 0 Å². The van der Waals surface area contributed by atoms with Crippen LogP contribution in [0.3, 0.4) is 0 Å². The van der Waals surface area contributed by atoms with Crippen LogP contribution in [-0.2, 0) is 0 Å². The van der Waals surface area contributed by atoms with Gasteiger partial charge >= 0.3 is 0 Å². The molecule has 2 aliphatic rings. The van der Waals surface area contributed by atoms with Gasteiger partial charge in [0, 0.05) is 18.0 Å². The van der Waals surface area contributed by atoms with Crippen molar-refractivity contribution in [2.75, 3.05) is 20.8 Å². The molecule has 3 atom stereocenters. The van der Waals surface area contributed by atoms with E-state index in [9.17, 15) is 9.90 Å². The second-order valence-corrected chi connectivity index (χ2v) is 8.09. The van der Waals surface area contributed by atoms with Gasteiger partial charge in [-0.05, 0) is 37.5 Å². The number of carbonyl (C=O) groups is 1. The number of carbonyl (C=O) groups excluding carboxylic acids is 1. The van der Waals surface area contributed by atoms with Crippen molar-refractivity contribution in [2.24, 2.45) is 5.92 Å². The highest BCUT2D eigenvalue weighted by Crippen LogP contribution is 2.51. The summed E-state index contributed by atoms with van der Waals surface area (Å²) in [7, 11) is 3.24. The maximum Gasteiger partial charge on any atom is 0.258 e. The average molecular weight is 395 g/mol. The first kappa shape index (κ1) is 19.8. The Labute approximate surface area is 172 Å². The number of para-hydroxylation sites is 2. The van der Waals surface area contributed by atoms with E-state index in [0.717, 1.165) is 37.0 Å². The van der Waals surface area contributed by atoms with E-state index in [4.69, 9.17) is 9.47 Å². The van der Waals surface area contributed by atoms with E-state index < -0.39 is 5.60 Å². The molecule has 0 bridgehead atoms. The highest BCUT2D eigenvalue weighted by molar-refractivity contribution is 5.97. The van der Waals surface area contributed by atoms with E-state index in [2.05, 4.69) is 0 Å². The minimum absolute atomic E-state index is 0.0139. The third kappa shape index (κ3) is 3.48. The summed E-state index contributed by atoms with van der Waals surface area (Å²) in [6.07, 6.45) is 4.39. The number of rotatable bonds is 4. The molecular weight excluding hydrogens is 366 g/mol. The van der Waals surface area contributed by atoms with Crippen molar-refractivity contribution in [1.82, 2.24) is 4.90 Å². The lowest BCUT2D eigenvalue weighted by Crippen LogP contribution is -2.56. The lowest BCUT2D eigenvalue weighted by Gasteiger charge is -2.52. The number of ether oxygens (including phenoxy) is 2. The van der Waals surface area contributed by atoms with Crippen LogP contribution in [0, 0.1) is 5.92 Å². The van der Waals surface area contributed by atoms with Crippen molar-refractivity contribution in [2.45, 2.75) is 43.7 Å². The first-order valence-corrected chi connectivity index (χ1v) is 10.4. The fourth-order valence-electron chi connectivity index (χ4n) is 5.18. The minimum atomic E-state index is -0.735. The molecule has 1 aliphatic heterocycles. The SMILES string of the molecule is COc1ccccc1C(=O)N1CC[C@@]2(O)CCCC[C@@H]2[C@H]1c1ccccc1OC. The van der Waals surface area contributed by atoms with Crippen LogP contribution in [0.5, 0.6) is 11.5 Å². The summed E-state index contributed by atoms with van der Waals surface area (Å²) in [5, 5.41) is 11.5. The van der Waals surface area contributed by atoms with Gasteiger partial charge in [-0.1, -0.05) is 43.2 Å². The molecule has 0 radical (unpaired) electrons. The third-order valence-corrected chi connectivity index (χ3v) is 6.62. The first-order valence-electron chi connectivity index (χ1n) is 10.4. The number of methoxy groups -OCH3 is 2. The summed E-state index contributed by atoms with van der Waals surface area (Å²) in [5.74, 6) is 1.25. The van der Waals surface area contributed by atoms with Crippen LogP contribution in [0.25, 0.3) is 0 Å². The monoisotopic (exact) mass is 395 g/mol. The molecule has 2 fully saturated rings. The van der Waals surface area contributed by atoms with Crippen LogP contribution in [0.4, 0.5) is 0 Å².